The van der Waals surface area contributed by atoms with Crippen LogP contribution >= 0.6 is 0 Å². The summed E-state index contributed by atoms with van der Waals surface area (Å²) >= 11 is 0. The number of benzene rings is 1. The monoisotopic (exact) mass is 207 g/mol. The minimum atomic E-state index is 0.0682. The molecule has 2 nitrogen and oxygen atoms in total. The molecule has 0 saturated heterocycles. The zero-order valence-electron chi connectivity index (χ0n) is 10.1. The van der Waals surface area contributed by atoms with Crippen molar-refractivity contribution in [2.75, 3.05) is 7.11 Å². The Morgan fingerprint density at radius 2 is 2.00 bits per heavy atom. The Morgan fingerprint density at radius 3 is 2.47 bits per heavy atom. The molecule has 1 atom stereocenters. The summed E-state index contributed by atoms with van der Waals surface area (Å²) in [5.74, 6) is 1.42. The number of methoxy groups -OCH3 is 1. The molecule has 0 saturated carbocycles. The largest absolute Gasteiger partial charge is 0.496 e. The first-order valence-electron chi connectivity index (χ1n) is 5.53. The maximum absolute atomic E-state index is 6.06. The fourth-order valence-corrected chi connectivity index (χ4v) is 1.62. The summed E-state index contributed by atoms with van der Waals surface area (Å²) in [5.41, 5.74) is 8.49. The van der Waals surface area contributed by atoms with Crippen LogP contribution in [-0.2, 0) is 0 Å². The highest BCUT2D eigenvalue weighted by Crippen LogP contribution is 2.29. The molecule has 0 aliphatic rings. The lowest BCUT2D eigenvalue weighted by Gasteiger charge is -2.16. The zero-order valence-corrected chi connectivity index (χ0v) is 10.1. The van der Waals surface area contributed by atoms with Gasteiger partial charge in [0.15, 0.2) is 0 Å². The lowest BCUT2D eigenvalue weighted by atomic mass is 9.96. The standard InChI is InChI=1S/C13H21NO/c1-5-12(14)11-8-10(9(2)3)6-7-13(11)15-4/h6-9,12H,5,14H2,1-4H3. The molecule has 1 unspecified atom stereocenters. The molecule has 1 aromatic carbocycles. The summed E-state index contributed by atoms with van der Waals surface area (Å²) in [6, 6.07) is 6.35. The predicted molar refractivity (Wildman–Crippen MR) is 64.3 cm³/mol. The van der Waals surface area contributed by atoms with Crippen molar-refractivity contribution in [3.8, 4) is 5.75 Å². The molecule has 0 radical (unpaired) electrons. The smallest absolute Gasteiger partial charge is 0.123 e. The summed E-state index contributed by atoms with van der Waals surface area (Å²) in [5, 5.41) is 0. The topological polar surface area (TPSA) is 35.2 Å². The normalized spacial score (nSPS) is 12.9. The number of nitrogens with two attached hydrogens (primary N) is 1. The van der Waals surface area contributed by atoms with Gasteiger partial charge < -0.3 is 10.5 Å². The van der Waals surface area contributed by atoms with E-state index in [2.05, 4.69) is 32.9 Å². The molecule has 0 aliphatic heterocycles. The molecule has 15 heavy (non-hydrogen) atoms. The number of rotatable bonds is 4. The van der Waals surface area contributed by atoms with E-state index in [1.165, 1.54) is 5.56 Å². The van der Waals surface area contributed by atoms with Gasteiger partial charge in [0.2, 0.25) is 0 Å². The van der Waals surface area contributed by atoms with E-state index >= 15 is 0 Å². The molecule has 0 aliphatic carbocycles. The van der Waals surface area contributed by atoms with E-state index in [0.717, 1.165) is 17.7 Å². The minimum absolute atomic E-state index is 0.0682. The first kappa shape index (κ1) is 12.1. The Kier molecular flexibility index (Phi) is 4.15. The predicted octanol–water partition coefficient (Wildman–Crippen LogP) is 3.23. The zero-order chi connectivity index (χ0) is 11.4. The summed E-state index contributed by atoms with van der Waals surface area (Å²) in [4.78, 5) is 0. The van der Waals surface area contributed by atoms with Crippen molar-refractivity contribution < 1.29 is 4.74 Å². The fourth-order valence-electron chi connectivity index (χ4n) is 1.62. The molecule has 84 valence electrons. The molecule has 1 rings (SSSR count). The first-order chi connectivity index (χ1) is 7.10. The summed E-state index contributed by atoms with van der Waals surface area (Å²) < 4.78 is 5.32. The Bertz CT molecular complexity index is 320. The van der Waals surface area contributed by atoms with Crippen LogP contribution in [0.5, 0.6) is 5.75 Å². The second kappa shape index (κ2) is 5.17. The van der Waals surface area contributed by atoms with Gasteiger partial charge in [-0.15, -0.1) is 0 Å². The number of hydrogen-bond donors (Lipinski definition) is 1. The van der Waals surface area contributed by atoms with E-state index < -0.39 is 0 Å². The molecule has 0 bridgehead atoms. The highest BCUT2D eigenvalue weighted by molar-refractivity contribution is 5.40. The van der Waals surface area contributed by atoms with Gasteiger partial charge in [-0.05, 0) is 24.0 Å². The van der Waals surface area contributed by atoms with Crippen molar-refractivity contribution in [2.24, 2.45) is 5.73 Å². The van der Waals surface area contributed by atoms with E-state index in [1.807, 2.05) is 6.07 Å². The van der Waals surface area contributed by atoms with Gasteiger partial charge in [0.25, 0.3) is 0 Å². The van der Waals surface area contributed by atoms with Crippen LogP contribution in [0.1, 0.15) is 50.3 Å². The second-order valence-electron chi connectivity index (χ2n) is 4.17. The average Bonchev–Trinajstić information content (AvgIpc) is 2.27. The molecular formula is C13H21NO. The van der Waals surface area contributed by atoms with Gasteiger partial charge in [0, 0.05) is 11.6 Å². The second-order valence-corrected chi connectivity index (χ2v) is 4.17. The van der Waals surface area contributed by atoms with Crippen molar-refractivity contribution >= 4 is 0 Å². The Balaban J connectivity index is 3.13. The van der Waals surface area contributed by atoms with Crippen molar-refractivity contribution in [3.05, 3.63) is 29.3 Å². The summed E-state index contributed by atoms with van der Waals surface area (Å²) in [6.45, 7) is 6.46. The van der Waals surface area contributed by atoms with Crippen LogP contribution in [0.4, 0.5) is 0 Å². The highest BCUT2D eigenvalue weighted by atomic mass is 16.5. The van der Waals surface area contributed by atoms with Crippen molar-refractivity contribution in [1.82, 2.24) is 0 Å². The molecule has 0 heterocycles. The van der Waals surface area contributed by atoms with E-state index in [-0.39, 0.29) is 6.04 Å². The fraction of sp³-hybridized carbons (Fsp3) is 0.538. The van der Waals surface area contributed by atoms with Crippen LogP contribution < -0.4 is 10.5 Å². The Labute approximate surface area is 92.4 Å². The van der Waals surface area contributed by atoms with Gasteiger partial charge in [0.05, 0.1) is 7.11 Å². The molecule has 2 heteroatoms. The Morgan fingerprint density at radius 1 is 1.33 bits per heavy atom. The third kappa shape index (κ3) is 2.72. The SMILES string of the molecule is CCC(N)c1cc(C(C)C)ccc1OC. The van der Waals surface area contributed by atoms with Crippen LogP contribution in [0.3, 0.4) is 0 Å². The number of ether oxygens (including phenoxy) is 1. The molecule has 1 aromatic rings. The quantitative estimate of drug-likeness (QED) is 0.822. The van der Waals surface area contributed by atoms with Crippen molar-refractivity contribution in [1.29, 1.82) is 0 Å². The summed E-state index contributed by atoms with van der Waals surface area (Å²) in [7, 11) is 1.69. The van der Waals surface area contributed by atoms with Crippen LogP contribution in [0, 0.1) is 0 Å². The van der Waals surface area contributed by atoms with Crippen LogP contribution in [-0.4, -0.2) is 7.11 Å². The third-order valence-corrected chi connectivity index (χ3v) is 2.76. The van der Waals surface area contributed by atoms with Gasteiger partial charge in [-0.25, -0.2) is 0 Å². The molecule has 0 amide bonds. The van der Waals surface area contributed by atoms with Crippen molar-refractivity contribution in [2.45, 2.75) is 39.2 Å². The third-order valence-electron chi connectivity index (χ3n) is 2.76. The van der Waals surface area contributed by atoms with Gasteiger partial charge in [-0.1, -0.05) is 32.9 Å². The molecule has 0 spiro atoms. The van der Waals surface area contributed by atoms with E-state index in [0.29, 0.717) is 5.92 Å². The Hall–Kier alpha value is -1.02. The van der Waals surface area contributed by atoms with E-state index in [9.17, 15) is 0 Å². The molecular weight excluding hydrogens is 186 g/mol. The van der Waals surface area contributed by atoms with Gasteiger partial charge in [0.1, 0.15) is 5.75 Å². The van der Waals surface area contributed by atoms with Gasteiger partial charge >= 0.3 is 0 Å². The summed E-state index contributed by atoms with van der Waals surface area (Å²) in [6.07, 6.45) is 0.928. The van der Waals surface area contributed by atoms with Crippen LogP contribution in [0.25, 0.3) is 0 Å². The molecule has 0 fully saturated rings. The van der Waals surface area contributed by atoms with Crippen molar-refractivity contribution in [3.63, 3.8) is 0 Å². The first-order valence-corrected chi connectivity index (χ1v) is 5.53. The van der Waals surface area contributed by atoms with Gasteiger partial charge in [-0.2, -0.15) is 0 Å². The maximum atomic E-state index is 6.06. The van der Waals surface area contributed by atoms with Crippen LogP contribution in [0.15, 0.2) is 18.2 Å². The molecule has 2 N–H and O–H groups in total. The lowest BCUT2D eigenvalue weighted by Crippen LogP contribution is -2.10. The van der Waals surface area contributed by atoms with Crippen LogP contribution in [0.2, 0.25) is 0 Å². The van der Waals surface area contributed by atoms with Gasteiger partial charge in [-0.3, -0.25) is 0 Å². The maximum Gasteiger partial charge on any atom is 0.123 e. The average molecular weight is 207 g/mol. The lowest BCUT2D eigenvalue weighted by molar-refractivity contribution is 0.404. The number of hydrogen-bond acceptors (Lipinski definition) is 2. The molecule has 0 aromatic heterocycles. The minimum Gasteiger partial charge on any atom is -0.496 e. The van der Waals surface area contributed by atoms with E-state index in [4.69, 9.17) is 10.5 Å². The van der Waals surface area contributed by atoms with E-state index in [1.54, 1.807) is 7.11 Å². The highest BCUT2D eigenvalue weighted by Gasteiger charge is 2.11.